The maximum atomic E-state index is 13.4. The average Bonchev–Trinajstić information content (AvgIpc) is 3.47. The maximum Gasteiger partial charge on any atom is 0.223 e. The summed E-state index contributed by atoms with van der Waals surface area (Å²) < 4.78 is 26.8. The van der Waals surface area contributed by atoms with Gasteiger partial charge in [-0.3, -0.25) is 0 Å². The lowest BCUT2D eigenvalue weighted by Gasteiger charge is -2.50. The monoisotopic (exact) mass is 569 g/mol. The van der Waals surface area contributed by atoms with Gasteiger partial charge in [-0.15, -0.1) is 0 Å². The molecule has 1 aromatic heterocycles. The van der Waals surface area contributed by atoms with E-state index in [9.17, 15) is 9.50 Å². The van der Waals surface area contributed by atoms with Crippen molar-refractivity contribution in [1.82, 2.24) is 14.4 Å². The minimum atomic E-state index is -1.02. The number of oxazole rings is 1. The summed E-state index contributed by atoms with van der Waals surface area (Å²) in [6, 6.07) is 14.0. The van der Waals surface area contributed by atoms with E-state index in [4.69, 9.17) is 14.0 Å². The molecule has 1 fully saturated rings. The molecule has 1 aliphatic carbocycles. The molecule has 0 spiro atoms. The Hall–Kier alpha value is -3.09. The summed E-state index contributed by atoms with van der Waals surface area (Å²) in [7, 11) is 1.93. The first-order valence-corrected chi connectivity index (χ1v) is 13.0. The lowest BCUT2D eigenvalue weighted by atomic mass is 9.65. The van der Waals surface area contributed by atoms with Gasteiger partial charge >= 0.3 is 0 Å². The topological polar surface area (TPSA) is 97.9 Å². The quantitative estimate of drug-likeness (QED) is 0.169. The minimum absolute atomic E-state index is 0. The number of hydrogen-bond acceptors (Lipinski definition) is 9. The first-order chi connectivity index (χ1) is 18.4. The van der Waals surface area contributed by atoms with Crippen molar-refractivity contribution in [3.8, 4) is 5.75 Å². The fourth-order valence-corrected chi connectivity index (χ4v) is 5.57. The van der Waals surface area contributed by atoms with E-state index < -0.39 is 11.5 Å². The maximum absolute atomic E-state index is 13.4. The first-order valence-electron chi connectivity index (χ1n) is 12.3. The van der Waals surface area contributed by atoms with E-state index >= 15 is 0 Å². The molecule has 8 nitrogen and oxygen atoms in total. The lowest BCUT2D eigenvalue weighted by molar-refractivity contribution is -0.0519. The number of fused-ring (bicyclic) bond motifs is 1. The molecular weight excluding hydrogens is 537 g/mol. The third-order valence-corrected chi connectivity index (χ3v) is 7.76. The van der Waals surface area contributed by atoms with Crippen molar-refractivity contribution in [3.05, 3.63) is 101 Å². The summed E-state index contributed by atoms with van der Waals surface area (Å²) in [6.45, 7) is 3.19. The molecule has 5 rings (SSSR count). The number of hydrazine groups is 1. The Morgan fingerprint density at radius 2 is 2.10 bits per heavy atom. The average molecular weight is 570 g/mol. The van der Waals surface area contributed by atoms with E-state index in [-0.39, 0.29) is 25.2 Å². The summed E-state index contributed by atoms with van der Waals surface area (Å²) >= 11 is 1.22. The van der Waals surface area contributed by atoms with Crippen molar-refractivity contribution in [2.24, 2.45) is 5.41 Å². The van der Waals surface area contributed by atoms with Crippen LogP contribution in [0.15, 0.2) is 88.3 Å². The zero-order valence-electron chi connectivity index (χ0n) is 21.7. The number of aliphatic hydroxyl groups excluding tert-OH is 1. The van der Waals surface area contributed by atoms with E-state index in [0.29, 0.717) is 25.9 Å². The van der Waals surface area contributed by atoms with Crippen LogP contribution in [-0.2, 0) is 0 Å². The van der Waals surface area contributed by atoms with Crippen molar-refractivity contribution in [1.29, 1.82) is 5.41 Å². The van der Waals surface area contributed by atoms with Crippen molar-refractivity contribution < 1.29 is 18.1 Å². The molecule has 1 saturated heterocycles. The van der Waals surface area contributed by atoms with Crippen LogP contribution in [0.3, 0.4) is 0 Å². The molecule has 0 bridgehead atoms. The third-order valence-electron chi connectivity index (χ3n) is 7.05. The number of hydrogen-bond donors (Lipinski definition) is 3. The molecule has 206 valence electrons. The fourth-order valence-electron chi connectivity index (χ4n) is 5.04. The third kappa shape index (κ3) is 6.23. The van der Waals surface area contributed by atoms with Crippen LogP contribution in [0.4, 0.5) is 10.1 Å². The largest absolute Gasteiger partial charge is 0.446 e. The molecule has 3 N–H and O–H groups in total. The number of nitrogens with one attached hydrogen (secondary N) is 2. The predicted octanol–water partition coefficient (Wildman–Crippen LogP) is 5.80. The minimum Gasteiger partial charge on any atom is -0.446 e. The first kappa shape index (κ1) is 28.9. The van der Waals surface area contributed by atoms with Crippen LogP contribution in [0.5, 0.6) is 5.75 Å². The molecule has 1 aliphatic heterocycles. The molecule has 2 heterocycles. The number of halogens is 1. The van der Waals surface area contributed by atoms with Gasteiger partial charge in [-0.2, -0.15) is 17.9 Å². The molecule has 3 aromatic rings. The summed E-state index contributed by atoms with van der Waals surface area (Å²) in [5.74, 6) is 0.688. The highest BCUT2D eigenvalue weighted by molar-refractivity contribution is 7.92. The molecule has 0 amide bonds. The number of allylic oxidation sites excluding steroid dienone is 2. The van der Waals surface area contributed by atoms with Crippen molar-refractivity contribution in [3.63, 3.8) is 0 Å². The Labute approximate surface area is 238 Å². The van der Waals surface area contributed by atoms with Gasteiger partial charge < -0.3 is 24.4 Å². The van der Waals surface area contributed by atoms with Gasteiger partial charge in [0.25, 0.3) is 0 Å². The molecule has 11 heteroatoms. The molecule has 39 heavy (non-hydrogen) atoms. The summed E-state index contributed by atoms with van der Waals surface area (Å²) in [4.78, 5) is 4.25. The van der Waals surface area contributed by atoms with E-state index in [2.05, 4.69) is 15.3 Å². The van der Waals surface area contributed by atoms with Gasteiger partial charge in [0.15, 0.2) is 12.2 Å². The van der Waals surface area contributed by atoms with Crippen LogP contribution in [0.25, 0.3) is 0 Å². The van der Waals surface area contributed by atoms with E-state index in [1.807, 2.05) is 48.7 Å². The summed E-state index contributed by atoms with van der Waals surface area (Å²) in [5, 5.41) is 25.3. The van der Waals surface area contributed by atoms with Gasteiger partial charge in [0.05, 0.1) is 6.20 Å². The van der Waals surface area contributed by atoms with Gasteiger partial charge in [-0.05, 0) is 73.4 Å². The Morgan fingerprint density at radius 3 is 2.79 bits per heavy atom. The number of piperidine rings is 1. The highest BCUT2D eigenvalue weighted by atomic mass is 32.2. The van der Waals surface area contributed by atoms with Crippen LogP contribution in [0.1, 0.15) is 30.4 Å². The molecule has 2 unspecified atom stereocenters. The van der Waals surface area contributed by atoms with Gasteiger partial charge in [-0.25, -0.2) is 14.4 Å². The van der Waals surface area contributed by atoms with Crippen molar-refractivity contribution in [2.75, 3.05) is 25.5 Å². The number of rotatable bonds is 9. The zero-order chi connectivity index (χ0) is 26.7. The summed E-state index contributed by atoms with van der Waals surface area (Å²) in [5.41, 5.74) is 3.58. The van der Waals surface area contributed by atoms with Gasteiger partial charge in [0, 0.05) is 43.2 Å². The second-order valence-electron chi connectivity index (χ2n) is 9.57. The van der Waals surface area contributed by atoms with E-state index in [1.54, 1.807) is 12.1 Å². The number of anilines is 1. The number of nitrogens with zero attached hydrogens (tertiary/aromatic N) is 3. The highest BCUT2D eigenvalue weighted by Gasteiger charge is 2.50. The van der Waals surface area contributed by atoms with Crippen LogP contribution < -0.4 is 9.50 Å². The number of aliphatic hydroxyl groups is 1. The van der Waals surface area contributed by atoms with Crippen molar-refractivity contribution >= 4 is 37.6 Å². The Morgan fingerprint density at radius 1 is 1.31 bits per heavy atom. The molecular formula is C28H32FN5O3S2. The number of benzene rings is 2. The van der Waals surface area contributed by atoms with Crippen LogP contribution in [0.2, 0.25) is 0 Å². The van der Waals surface area contributed by atoms with Crippen LogP contribution in [0, 0.1) is 23.6 Å². The number of aromatic nitrogens is 1. The predicted molar refractivity (Wildman–Crippen MR) is 156 cm³/mol. The second kappa shape index (κ2) is 12.4. The Bertz CT molecular complexity index is 1350. The SMILES string of the molecule is Cc1cccc(OSN(C)N2CCC3=CC(Nc4ccc(F)cc4)=C(C=N)CC3(C(O)c3ncco3)C2)c1.S. The zero-order valence-corrected chi connectivity index (χ0v) is 23.5. The molecule has 0 saturated carbocycles. The normalized spacial score (nSPS) is 20.1. The summed E-state index contributed by atoms with van der Waals surface area (Å²) in [6.07, 6.45) is 6.33. The van der Waals surface area contributed by atoms with Crippen LogP contribution in [-0.4, -0.2) is 45.9 Å². The standard InChI is InChI=1S/C28H30FN5O3S.H2S/c1-19-4-3-5-24(14-19)37-38-33(2)34-12-10-21-15-25(32-23-8-6-22(29)7-9-23)20(17-30)16-28(21,18-34)26(35)27-31-11-13-36-27;/h3-9,11,13-15,17,26,30,32,35H,10,12,16,18H2,1-2H3;1H2. The second-order valence-corrected chi connectivity index (χ2v) is 10.4. The van der Waals surface area contributed by atoms with E-state index in [0.717, 1.165) is 33.8 Å². The van der Waals surface area contributed by atoms with Crippen LogP contribution >= 0.6 is 25.7 Å². The van der Waals surface area contributed by atoms with Gasteiger partial charge in [-0.1, -0.05) is 17.7 Å². The fraction of sp³-hybridized carbons (Fsp3) is 0.286. The number of aryl methyl sites for hydroxylation is 1. The Balaban J connectivity index is 0.00000353. The Kier molecular flexibility index (Phi) is 9.19. The van der Waals surface area contributed by atoms with Crippen molar-refractivity contribution in [2.45, 2.75) is 25.9 Å². The van der Waals surface area contributed by atoms with E-state index in [1.165, 1.54) is 43.0 Å². The molecule has 2 aliphatic rings. The smallest absolute Gasteiger partial charge is 0.223 e. The van der Waals surface area contributed by atoms with Gasteiger partial charge in [0.1, 0.15) is 23.9 Å². The van der Waals surface area contributed by atoms with Gasteiger partial charge in [0.2, 0.25) is 5.89 Å². The molecule has 2 atom stereocenters. The highest BCUT2D eigenvalue weighted by Crippen LogP contribution is 2.52. The molecule has 2 aromatic carbocycles. The lowest BCUT2D eigenvalue weighted by Crippen LogP contribution is -2.53. The molecule has 0 radical (unpaired) electrons.